The first kappa shape index (κ1) is 6.71. The van der Waals surface area contributed by atoms with Gasteiger partial charge in [-0.05, 0) is 53.9 Å². The van der Waals surface area contributed by atoms with Gasteiger partial charge < -0.3 is 0 Å². The summed E-state index contributed by atoms with van der Waals surface area (Å²) < 4.78 is 0. The van der Waals surface area contributed by atoms with Crippen molar-refractivity contribution < 1.29 is 0 Å². The van der Waals surface area contributed by atoms with Gasteiger partial charge in [0.1, 0.15) is 0 Å². The zero-order chi connectivity index (χ0) is 8.13. The summed E-state index contributed by atoms with van der Waals surface area (Å²) in [5, 5.41) is 0. The van der Waals surface area contributed by atoms with Gasteiger partial charge in [-0.25, -0.2) is 0 Å². The monoisotopic (exact) mass is 158 g/mol. The van der Waals surface area contributed by atoms with Gasteiger partial charge in [0.25, 0.3) is 0 Å². The molecule has 0 amide bonds. The Bertz CT molecular complexity index is 335. The highest BCUT2D eigenvalue weighted by molar-refractivity contribution is 5.47. The number of benzene rings is 1. The van der Waals surface area contributed by atoms with Crippen molar-refractivity contribution in [3.05, 3.63) is 34.4 Å². The van der Waals surface area contributed by atoms with Crippen molar-refractivity contribution in [3.63, 3.8) is 0 Å². The summed E-state index contributed by atoms with van der Waals surface area (Å²) in [5.74, 6) is 0.839. The molecule has 3 rings (SSSR count). The molecule has 0 saturated heterocycles. The summed E-state index contributed by atoms with van der Waals surface area (Å²) in [4.78, 5) is 0. The molecule has 0 bridgehead atoms. The van der Waals surface area contributed by atoms with Crippen LogP contribution in [0.15, 0.2) is 12.1 Å². The van der Waals surface area contributed by atoms with Crippen molar-refractivity contribution in [3.8, 4) is 0 Å². The first-order valence-corrected chi connectivity index (χ1v) is 4.99. The average Bonchev–Trinajstić information content (AvgIpc) is 2.49. The lowest BCUT2D eigenvalue weighted by atomic mass is 9.77. The third-order valence-electron chi connectivity index (χ3n) is 3.41. The Labute approximate surface area is 73.6 Å². The van der Waals surface area contributed by atoms with Crippen LogP contribution < -0.4 is 0 Å². The molecule has 0 radical (unpaired) electrons. The van der Waals surface area contributed by atoms with Crippen LogP contribution in [0, 0.1) is 0 Å². The third-order valence-corrected chi connectivity index (χ3v) is 3.41. The molecular formula is C12H14. The van der Waals surface area contributed by atoms with E-state index in [-0.39, 0.29) is 0 Å². The Morgan fingerprint density at radius 3 is 2.58 bits per heavy atom. The summed E-state index contributed by atoms with van der Waals surface area (Å²) in [6, 6.07) is 4.92. The van der Waals surface area contributed by atoms with E-state index in [0.29, 0.717) is 0 Å². The fourth-order valence-corrected chi connectivity index (χ4v) is 2.64. The van der Waals surface area contributed by atoms with Crippen LogP contribution in [0.4, 0.5) is 0 Å². The van der Waals surface area contributed by atoms with Gasteiger partial charge >= 0.3 is 0 Å². The number of rotatable bonds is 0. The van der Waals surface area contributed by atoms with E-state index in [2.05, 4.69) is 19.1 Å². The molecule has 0 N–H and O–H groups in total. The molecular weight excluding hydrogens is 144 g/mol. The first-order chi connectivity index (χ1) is 5.84. The molecule has 1 atom stereocenters. The fraction of sp³-hybridized carbons (Fsp3) is 0.500. The van der Waals surface area contributed by atoms with Crippen LogP contribution in [0.3, 0.4) is 0 Å². The topological polar surface area (TPSA) is 0 Å². The molecule has 1 aromatic carbocycles. The standard InChI is InChI=1S/C12H14/c1-8-5-11-6-9-3-2-4-10(9)7-12(8)11/h6-8H,2-5H2,1H3/t8-/m1/s1. The minimum absolute atomic E-state index is 0.839. The Balaban J connectivity index is 2.17. The second kappa shape index (κ2) is 2.12. The van der Waals surface area contributed by atoms with Crippen molar-refractivity contribution in [2.75, 3.05) is 0 Å². The van der Waals surface area contributed by atoms with Crippen LogP contribution in [0.5, 0.6) is 0 Å². The van der Waals surface area contributed by atoms with E-state index in [4.69, 9.17) is 0 Å². The molecule has 0 aliphatic heterocycles. The molecule has 0 saturated carbocycles. The molecule has 12 heavy (non-hydrogen) atoms. The predicted octanol–water partition coefficient (Wildman–Crippen LogP) is 2.83. The zero-order valence-electron chi connectivity index (χ0n) is 7.56. The number of fused-ring (bicyclic) bond motifs is 2. The van der Waals surface area contributed by atoms with Gasteiger partial charge in [-0.3, -0.25) is 0 Å². The third kappa shape index (κ3) is 0.730. The fourth-order valence-electron chi connectivity index (χ4n) is 2.64. The SMILES string of the molecule is C[C@@H]1Cc2cc3c(cc21)CCC3. The Hall–Kier alpha value is -0.780. The smallest absolute Gasteiger partial charge is 0.0147 e. The Morgan fingerprint density at radius 1 is 1.08 bits per heavy atom. The van der Waals surface area contributed by atoms with Gasteiger partial charge in [-0.15, -0.1) is 0 Å². The van der Waals surface area contributed by atoms with Crippen molar-refractivity contribution in [2.45, 2.75) is 38.5 Å². The molecule has 0 heterocycles. The molecule has 2 aliphatic carbocycles. The second-order valence-electron chi connectivity index (χ2n) is 4.28. The van der Waals surface area contributed by atoms with Crippen molar-refractivity contribution in [2.24, 2.45) is 0 Å². The Morgan fingerprint density at radius 2 is 1.83 bits per heavy atom. The van der Waals surface area contributed by atoms with Crippen LogP contribution in [0.25, 0.3) is 0 Å². The quantitative estimate of drug-likeness (QED) is 0.544. The van der Waals surface area contributed by atoms with E-state index in [1.807, 2.05) is 0 Å². The molecule has 0 spiro atoms. The maximum Gasteiger partial charge on any atom is -0.0147 e. The largest absolute Gasteiger partial charge is 0.0581 e. The zero-order valence-corrected chi connectivity index (χ0v) is 7.56. The highest BCUT2D eigenvalue weighted by Gasteiger charge is 2.24. The molecule has 0 fully saturated rings. The van der Waals surface area contributed by atoms with Crippen molar-refractivity contribution in [1.82, 2.24) is 0 Å². The van der Waals surface area contributed by atoms with Gasteiger partial charge in [0.05, 0.1) is 0 Å². The maximum atomic E-state index is 2.46. The summed E-state index contributed by atoms with van der Waals surface area (Å²) in [6.45, 7) is 2.34. The van der Waals surface area contributed by atoms with Crippen LogP contribution in [0.1, 0.15) is 41.5 Å². The van der Waals surface area contributed by atoms with E-state index in [1.165, 1.54) is 25.7 Å². The first-order valence-electron chi connectivity index (χ1n) is 4.99. The van der Waals surface area contributed by atoms with Gasteiger partial charge in [0.2, 0.25) is 0 Å². The molecule has 0 aromatic heterocycles. The summed E-state index contributed by atoms with van der Waals surface area (Å²) >= 11 is 0. The van der Waals surface area contributed by atoms with Gasteiger partial charge in [-0.2, -0.15) is 0 Å². The highest BCUT2D eigenvalue weighted by atomic mass is 14.3. The summed E-state index contributed by atoms with van der Waals surface area (Å²) in [5.41, 5.74) is 6.54. The van der Waals surface area contributed by atoms with E-state index in [1.54, 1.807) is 22.3 Å². The highest BCUT2D eigenvalue weighted by Crippen LogP contribution is 2.38. The normalized spacial score (nSPS) is 24.6. The van der Waals surface area contributed by atoms with Crippen molar-refractivity contribution in [1.29, 1.82) is 0 Å². The summed E-state index contributed by atoms with van der Waals surface area (Å²) in [7, 11) is 0. The molecule has 0 unspecified atom stereocenters. The molecule has 62 valence electrons. The lowest BCUT2D eigenvalue weighted by Crippen LogP contribution is -2.14. The molecule has 2 aliphatic rings. The van der Waals surface area contributed by atoms with E-state index < -0.39 is 0 Å². The van der Waals surface area contributed by atoms with E-state index >= 15 is 0 Å². The molecule has 0 heteroatoms. The van der Waals surface area contributed by atoms with Gasteiger partial charge in [0.15, 0.2) is 0 Å². The summed E-state index contributed by atoms with van der Waals surface area (Å²) in [6.07, 6.45) is 5.36. The number of hydrogen-bond donors (Lipinski definition) is 0. The molecule has 0 nitrogen and oxygen atoms in total. The van der Waals surface area contributed by atoms with Crippen LogP contribution in [-0.4, -0.2) is 0 Å². The van der Waals surface area contributed by atoms with Crippen LogP contribution >= 0.6 is 0 Å². The number of aryl methyl sites for hydroxylation is 2. The van der Waals surface area contributed by atoms with E-state index in [9.17, 15) is 0 Å². The van der Waals surface area contributed by atoms with Crippen LogP contribution in [-0.2, 0) is 19.3 Å². The number of hydrogen-bond acceptors (Lipinski definition) is 0. The Kier molecular flexibility index (Phi) is 1.19. The minimum atomic E-state index is 0.839. The second-order valence-corrected chi connectivity index (χ2v) is 4.28. The van der Waals surface area contributed by atoms with Gasteiger partial charge in [0, 0.05) is 0 Å². The van der Waals surface area contributed by atoms with Gasteiger partial charge in [-0.1, -0.05) is 19.1 Å². The maximum absolute atomic E-state index is 2.46. The molecule has 1 aromatic rings. The predicted molar refractivity (Wildman–Crippen MR) is 50.6 cm³/mol. The lowest BCUT2D eigenvalue weighted by Gasteiger charge is -2.28. The van der Waals surface area contributed by atoms with Crippen LogP contribution in [0.2, 0.25) is 0 Å². The van der Waals surface area contributed by atoms with Crippen molar-refractivity contribution >= 4 is 0 Å². The van der Waals surface area contributed by atoms with E-state index in [0.717, 1.165) is 5.92 Å². The lowest BCUT2D eigenvalue weighted by molar-refractivity contribution is 0.665. The average molecular weight is 158 g/mol. The minimum Gasteiger partial charge on any atom is -0.0581 e.